The summed E-state index contributed by atoms with van der Waals surface area (Å²) in [6.45, 7) is 31.4. The number of carbonyl (C=O) groups is 6. The highest BCUT2D eigenvalue weighted by Crippen LogP contribution is 2.43. The van der Waals surface area contributed by atoms with Gasteiger partial charge in [-0.3, -0.25) is 28.8 Å². The van der Waals surface area contributed by atoms with Crippen LogP contribution in [0, 0.1) is 41.4 Å². The lowest BCUT2D eigenvalue weighted by atomic mass is 9.74. The van der Waals surface area contributed by atoms with Crippen molar-refractivity contribution in [1.29, 1.82) is 0 Å². The van der Waals surface area contributed by atoms with E-state index in [4.69, 9.17) is 52.1 Å². The molecule has 4 saturated heterocycles. The van der Waals surface area contributed by atoms with Gasteiger partial charge in [-0.15, -0.1) is 0 Å². The van der Waals surface area contributed by atoms with Crippen LogP contribution in [0.1, 0.15) is 189 Å². The van der Waals surface area contributed by atoms with Crippen LogP contribution in [0.15, 0.2) is 11.6 Å². The number of Topliss-reactive ketones (excluding diaryl/α,β-unsaturated/α-hetero) is 3. The zero-order valence-electron chi connectivity index (χ0n) is 62.3. The van der Waals surface area contributed by atoms with Crippen LogP contribution in [0.3, 0.4) is 0 Å². The lowest BCUT2D eigenvalue weighted by Gasteiger charge is -2.49. The number of hydrogen-bond donors (Lipinski definition) is 6. The lowest BCUT2D eigenvalue weighted by molar-refractivity contribution is -0.318. The molecule has 4 fully saturated rings. The van der Waals surface area contributed by atoms with Gasteiger partial charge in [-0.1, -0.05) is 61.3 Å². The van der Waals surface area contributed by atoms with E-state index < -0.39 is 179 Å². The predicted molar refractivity (Wildman–Crippen MR) is 354 cm³/mol. The van der Waals surface area contributed by atoms with Crippen LogP contribution in [-0.2, 0) is 80.9 Å². The van der Waals surface area contributed by atoms with Gasteiger partial charge in [-0.25, -0.2) is 0 Å². The van der Waals surface area contributed by atoms with E-state index in [1.54, 1.807) is 62.3 Å². The van der Waals surface area contributed by atoms with Crippen molar-refractivity contribution in [3.63, 3.8) is 0 Å². The standard InChI is InChI=1S/C38H69NO13.C33H55NO10/c1-14-15-26-38(10,46)31(42)21(4)28(40)19(2)17-36(8,45)33(52-35-29(41)25(39(11)12)16-20(3)48-35)22(5)30(23(6)34(44)50-26)51-27-18-37(9,47-13)32(43)24(7)49-27;1-13-14-25-32(8,39)16-18(2)26(36)19(3)17-33(9,40-12)29(21(5)27(37)22(6)30(38)43-25)44-31-28(42-23(7)35)24(34(10)11)15-20(4)41-31/h19-27,29-33,35,41-43,45-46H,14-18H2,1-13H3;16,19-22,24-25,28-29,31,39H,13-15,17H2,1-12H3/b;18-16+/t19-,20-,21+,22+,23-,24+,25+,26-,27-,29-,30+,31-,32+,33-,35+,36-,37-,38-;19-,20-,21+,22-,24+,25-,28-,29-,31+,32+,33-/m11/s1. The number of allylic oxidation sites excluding steroid dienone is 1. The SMILES string of the molecule is CCC[C@H]1OC(=O)[C@H](C)C(=O)[C@H](C)[C@@H](O[C@@H]2O[C@H](C)C[C@H](N(C)C)[C@H]2OC(C)=O)[C@](C)(OC)C[C@@H](C)C(=O)/C(C)=C/[C@]1(C)O.CCC[C@H]1OC(=O)[C@H](C)[C@@H](O[C@@H]2C[C@@](C)(OC)[C@@H](O)[C@H](C)O2)[C@H](C)[C@@H](O[C@@H]2O[C@H](C)C[C@H](N(C)C)[C@H]2O)[C@](C)(O)C[C@@H](C)C(=O)[C@H](C)[C@@H](O)[C@]1(C)O. The minimum absolute atomic E-state index is 0.0944. The van der Waals surface area contributed by atoms with Crippen molar-refractivity contribution < 1.29 is 112 Å². The molecule has 25 nitrogen and oxygen atoms in total. The molecule has 5 aliphatic rings. The van der Waals surface area contributed by atoms with E-state index in [1.165, 1.54) is 61.8 Å². The molecular formula is C71H124N2O23. The molecule has 0 aliphatic carbocycles. The van der Waals surface area contributed by atoms with Gasteiger partial charge in [-0.05, 0) is 155 Å². The summed E-state index contributed by atoms with van der Waals surface area (Å²) in [5.41, 5.74) is -7.39. The maximum atomic E-state index is 14.2. The van der Waals surface area contributed by atoms with Crippen LogP contribution in [0.2, 0.25) is 0 Å². The summed E-state index contributed by atoms with van der Waals surface area (Å²) in [6, 6.07) is -0.564. The van der Waals surface area contributed by atoms with Crippen molar-refractivity contribution in [2.45, 2.75) is 322 Å². The molecule has 5 heterocycles. The second-order valence-electron chi connectivity index (χ2n) is 30.2. The molecule has 556 valence electrons. The molecule has 0 bridgehead atoms. The first kappa shape index (κ1) is 84.9. The highest BCUT2D eigenvalue weighted by molar-refractivity contribution is 6.00. The molecule has 0 aromatic carbocycles. The van der Waals surface area contributed by atoms with Crippen LogP contribution < -0.4 is 0 Å². The number of nitrogens with zero attached hydrogens (tertiary/aromatic N) is 2. The van der Waals surface area contributed by atoms with E-state index in [0.29, 0.717) is 37.7 Å². The number of ketones is 3. The fraction of sp³-hybridized carbons (Fsp3) is 0.887. The van der Waals surface area contributed by atoms with Crippen LogP contribution in [0.4, 0.5) is 0 Å². The Morgan fingerprint density at radius 2 is 1.12 bits per heavy atom. The minimum Gasteiger partial charge on any atom is -0.459 e. The first-order chi connectivity index (χ1) is 44.2. The Labute approximate surface area is 571 Å². The molecule has 25 heteroatoms. The number of esters is 3. The molecule has 0 aromatic heterocycles. The third kappa shape index (κ3) is 20.4. The van der Waals surface area contributed by atoms with E-state index >= 15 is 0 Å². The Morgan fingerprint density at radius 1 is 0.604 bits per heavy atom. The fourth-order valence-electron chi connectivity index (χ4n) is 15.1. The molecule has 96 heavy (non-hydrogen) atoms. The molecule has 0 spiro atoms. The highest BCUT2D eigenvalue weighted by atomic mass is 16.7. The Morgan fingerprint density at radius 3 is 1.66 bits per heavy atom. The average Bonchev–Trinajstić information content (AvgIpc) is 0.785. The number of rotatable bonds is 15. The normalized spacial score (nSPS) is 45.3. The van der Waals surface area contributed by atoms with Crippen molar-refractivity contribution in [3.05, 3.63) is 11.6 Å². The van der Waals surface area contributed by atoms with Gasteiger partial charge in [0.1, 0.15) is 47.3 Å². The minimum atomic E-state index is -1.99. The quantitative estimate of drug-likeness (QED) is 0.0640. The summed E-state index contributed by atoms with van der Waals surface area (Å²) in [4.78, 5) is 85.1. The lowest BCUT2D eigenvalue weighted by Crippen LogP contribution is -2.61. The maximum Gasteiger partial charge on any atom is 0.316 e. The molecule has 0 radical (unpaired) electrons. The van der Waals surface area contributed by atoms with Gasteiger partial charge in [0.2, 0.25) is 0 Å². The van der Waals surface area contributed by atoms with Gasteiger partial charge in [-0.2, -0.15) is 0 Å². The highest BCUT2D eigenvalue weighted by Gasteiger charge is 2.56. The molecule has 0 saturated carbocycles. The molecule has 29 atom stereocenters. The Balaban J connectivity index is 0.000000414. The van der Waals surface area contributed by atoms with Crippen LogP contribution in [-0.4, -0.2) is 250 Å². The Kier molecular flexibility index (Phi) is 30.9. The zero-order chi connectivity index (χ0) is 73.4. The van der Waals surface area contributed by atoms with Gasteiger partial charge in [0.05, 0.1) is 71.5 Å². The van der Waals surface area contributed by atoms with E-state index in [-0.39, 0.29) is 55.8 Å². The number of carbonyl (C=O) groups excluding carboxylic acids is 6. The van der Waals surface area contributed by atoms with E-state index in [9.17, 15) is 59.4 Å². The zero-order valence-corrected chi connectivity index (χ0v) is 62.3. The fourth-order valence-corrected chi connectivity index (χ4v) is 15.1. The Bertz CT molecular complexity index is 2600. The van der Waals surface area contributed by atoms with Crippen molar-refractivity contribution >= 4 is 35.3 Å². The second-order valence-corrected chi connectivity index (χ2v) is 30.2. The smallest absolute Gasteiger partial charge is 0.316 e. The molecule has 5 aliphatic heterocycles. The summed E-state index contributed by atoms with van der Waals surface area (Å²) in [7, 11) is 10.4. The summed E-state index contributed by atoms with van der Waals surface area (Å²) in [5, 5.41) is 69.2. The number of cyclic esters (lactones) is 2. The first-order valence-electron chi connectivity index (χ1n) is 34.7. The molecule has 5 rings (SSSR count). The largest absolute Gasteiger partial charge is 0.459 e. The Hall–Kier alpha value is -3.48. The number of likely N-dealkylation sites (N-methyl/N-ethyl adjacent to an activating group) is 2. The van der Waals surface area contributed by atoms with Crippen molar-refractivity contribution in [1.82, 2.24) is 9.80 Å². The van der Waals surface area contributed by atoms with Crippen molar-refractivity contribution in [3.8, 4) is 0 Å². The van der Waals surface area contributed by atoms with Gasteiger partial charge < -0.3 is 92.5 Å². The summed E-state index contributed by atoms with van der Waals surface area (Å²) < 4.78 is 67.6. The van der Waals surface area contributed by atoms with E-state index in [1.807, 2.05) is 65.7 Å². The topological polar surface area (TPSA) is 332 Å². The van der Waals surface area contributed by atoms with Crippen molar-refractivity contribution in [2.75, 3.05) is 42.4 Å². The van der Waals surface area contributed by atoms with Gasteiger partial charge in [0, 0.05) is 63.2 Å². The number of hydrogen-bond acceptors (Lipinski definition) is 25. The number of aliphatic hydroxyl groups excluding tert-OH is 3. The molecule has 0 unspecified atom stereocenters. The molecule has 0 amide bonds. The van der Waals surface area contributed by atoms with Crippen LogP contribution in [0.5, 0.6) is 0 Å². The van der Waals surface area contributed by atoms with E-state index in [0.717, 1.165) is 0 Å². The van der Waals surface area contributed by atoms with E-state index in [2.05, 4.69) is 0 Å². The molecule has 6 N–H and O–H groups in total. The van der Waals surface area contributed by atoms with Crippen LogP contribution in [0.25, 0.3) is 0 Å². The number of ether oxygens (including phenoxy) is 11. The average molecular weight is 1370 g/mol. The van der Waals surface area contributed by atoms with Gasteiger partial charge in [0.15, 0.2) is 36.5 Å². The first-order valence-corrected chi connectivity index (χ1v) is 34.7. The maximum absolute atomic E-state index is 14.2. The van der Waals surface area contributed by atoms with Crippen LogP contribution >= 0.6 is 0 Å². The third-order valence-electron chi connectivity index (χ3n) is 21.1. The predicted octanol–water partition coefficient (Wildman–Crippen LogP) is 5.81. The number of methoxy groups -OCH3 is 2. The molecule has 0 aromatic rings. The summed E-state index contributed by atoms with van der Waals surface area (Å²) in [6.07, 6.45) is -10.2. The van der Waals surface area contributed by atoms with Gasteiger partial charge in [0.25, 0.3) is 0 Å². The van der Waals surface area contributed by atoms with Crippen molar-refractivity contribution in [2.24, 2.45) is 41.4 Å². The third-order valence-corrected chi connectivity index (χ3v) is 21.1. The van der Waals surface area contributed by atoms with Gasteiger partial charge >= 0.3 is 17.9 Å². The summed E-state index contributed by atoms with van der Waals surface area (Å²) >= 11 is 0. The monoisotopic (exact) mass is 1370 g/mol. The molecular weight excluding hydrogens is 1250 g/mol. The summed E-state index contributed by atoms with van der Waals surface area (Å²) in [5.74, 6) is -9.67. The second kappa shape index (κ2) is 34.9. The number of aliphatic hydroxyl groups is 6.